The molecule has 0 aromatic heterocycles. The quantitative estimate of drug-likeness (QED) is 0.224. The summed E-state index contributed by atoms with van der Waals surface area (Å²) in [5, 5.41) is 24.2. The SMILES string of the molecule is CC(=O)c1cccc(CN2C(=O)N(Cc3cccc(C(C)=O)c3)[C@H](Cc3ccc4c(c3)OCO4)[C@H](O)[C@@H](O)[C@H]2Cc2ccc3c(c2)OCO3)c1. The van der Waals surface area contributed by atoms with Crippen molar-refractivity contribution in [1.82, 2.24) is 9.80 Å². The lowest BCUT2D eigenvalue weighted by Gasteiger charge is -2.36. The lowest BCUT2D eigenvalue weighted by atomic mass is 9.90. The molecule has 2 N–H and O–H groups in total. The number of ether oxygens (including phenoxy) is 4. The second-order valence-electron chi connectivity index (χ2n) is 13.0. The fourth-order valence-corrected chi connectivity index (χ4v) is 6.89. The van der Waals surface area contributed by atoms with Gasteiger partial charge >= 0.3 is 6.03 Å². The minimum absolute atomic E-state index is 0.0552. The molecule has 0 aliphatic carbocycles. The molecule has 1 saturated heterocycles. The van der Waals surface area contributed by atoms with Crippen molar-refractivity contribution in [3.05, 3.63) is 118 Å². The first-order valence-corrected chi connectivity index (χ1v) is 16.5. The van der Waals surface area contributed by atoms with Crippen LogP contribution in [0.2, 0.25) is 0 Å². The van der Waals surface area contributed by atoms with Crippen LogP contribution in [0.5, 0.6) is 23.0 Å². The number of aliphatic hydroxyl groups is 2. The van der Waals surface area contributed by atoms with Crippen LogP contribution in [0.15, 0.2) is 84.9 Å². The van der Waals surface area contributed by atoms with Crippen LogP contribution in [0, 0.1) is 0 Å². The van der Waals surface area contributed by atoms with Crippen molar-refractivity contribution >= 4 is 17.6 Å². The summed E-state index contributed by atoms with van der Waals surface area (Å²) in [6, 6.07) is 22.8. The highest BCUT2D eigenvalue weighted by Gasteiger charge is 2.46. The van der Waals surface area contributed by atoms with Gasteiger partial charge in [-0.2, -0.15) is 0 Å². The summed E-state index contributed by atoms with van der Waals surface area (Å²) in [6.45, 7) is 3.27. The fraction of sp³-hybridized carbons (Fsp3) is 0.308. The Morgan fingerprint density at radius 3 is 1.44 bits per heavy atom. The van der Waals surface area contributed by atoms with Gasteiger partial charge in [0.15, 0.2) is 34.6 Å². The Kier molecular flexibility index (Phi) is 9.18. The molecule has 50 heavy (non-hydrogen) atoms. The number of carbonyl (C=O) groups excluding carboxylic acids is 3. The third-order valence-corrected chi connectivity index (χ3v) is 9.57. The molecule has 11 heteroatoms. The first-order chi connectivity index (χ1) is 24.1. The van der Waals surface area contributed by atoms with Gasteiger partial charge in [-0.3, -0.25) is 9.59 Å². The number of fused-ring (bicyclic) bond motifs is 2. The zero-order chi connectivity index (χ0) is 34.9. The molecule has 3 heterocycles. The zero-order valence-corrected chi connectivity index (χ0v) is 27.8. The van der Waals surface area contributed by atoms with E-state index < -0.39 is 30.3 Å². The molecule has 258 valence electrons. The third-order valence-electron chi connectivity index (χ3n) is 9.57. The molecule has 1 fully saturated rings. The minimum atomic E-state index is -1.38. The van der Waals surface area contributed by atoms with E-state index in [1.54, 1.807) is 58.3 Å². The molecule has 0 spiro atoms. The van der Waals surface area contributed by atoms with Gasteiger partial charge in [-0.1, -0.05) is 48.5 Å². The van der Waals surface area contributed by atoms with Gasteiger partial charge in [-0.15, -0.1) is 0 Å². The molecular weight excluding hydrogens is 640 g/mol. The van der Waals surface area contributed by atoms with Crippen LogP contribution in [0.4, 0.5) is 4.79 Å². The maximum Gasteiger partial charge on any atom is 0.321 e. The number of urea groups is 1. The molecular formula is C39H38N2O9. The van der Waals surface area contributed by atoms with Gasteiger partial charge in [-0.25, -0.2) is 4.79 Å². The van der Waals surface area contributed by atoms with E-state index in [1.165, 1.54) is 13.8 Å². The molecule has 4 atom stereocenters. The number of aliphatic hydroxyl groups excluding tert-OH is 2. The van der Waals surface area contributed by atoms with Crippen molar-refractivity contribution in [1.29, 1.82) is 0 Å². The maximum atomic E-state index is 15.1. The summed E-state index contributed by atoms with van der Waals surface area (Å²) >= 11 is 0. The monoisotopic (exact) mass is 678 g/mol. The number of carbonyl (C=O) groups is 3. The van der Waals surface area contributed by atoms with Gasteiger partial charge in [0, 0.05) is 24.2 Å². The molecule has 3 aliphatic rings. The Labute approximate surface area is 289 Å². The van der Waals surface area contributed by atoms with E-state index in [2.05, 4.69) is 0 Å². The Morgan fingerprint density at radius 2 is 1.02 bits per heavy atom. The van der Waals surface area contributed by atoms with Crippen molar-refractivity contribution in [2.45, 2.75) is 64.1 Å². The largest absolute Gasteiger partial charge is 0.454 e. The van der Waals surface area contributed by atoms with E-state index in [9.17, 15) is 19.8 Å². The van der Waals surface area contributed by atoms with E-state index in [4.69, 9.17) is 18.9 Å². The molecule has 0 radical (unpaired) electrons. The van der Waals surface area contributed by atoms with E-state index >= 15 is 4.79 Å². The molecule has 4 aromatic carbocycles. The van der Waals surface area contributed by atoms with Crippen LogP contribution >= 0.6 is 0 Å². The highest BCUT2D eigenvalue weighted by Crippen LogP contribution is 2.37. The van der Waals surface area contributed by atoms with Gasteiger partial charge < -0.3 is 39.0 Å². The zero-order valence-electron chi connectivity index (χ0n) is 27.8. The second-order valence-corrected chi connectivity index (χ2v) is 13.0. The van der Waals surface area contributed by atoms with E-state index in [0.29, 0.717) is 45.3 Å². The molecule has 0 saturated carbocycles. The number of amides is 2. The number of hydrogen-bond acceptors (Lipinski definition) is 9. The Bertz CT molecular complexity index is 1810. The number of nitrogens with zero attached hydrogens (tertiary/aromatic N) is 2. The van der Waals surface area contributed by atoms with Gasteiger partial charge in [0.05, 0.1) is 12.1 Å². The first kappa shape index (κ1) is 33.1. The summed E-state index contributed by atoms with van der Waals surface area (Å²) in [4.78, 5) is 42.8. The van der Waals surface area contributed by atoms with Gasteiger partial charge in [0.2, 0.25) is 13.6 Å². The lowest BCUT2D eigenvalue weighted by molar-refractivity contribution is -0.0408. The van der Waals surface area contributed by atoms with Crippen molar-refractivity contribution in [3.63, 3.8) is 0 Å². The predicted octanol–water partition coefficient (Wildman–Crippen LogP) is 4.93. The van der Waals surface area contributed by atoms with Crippen LogP contribution < -0.4 is 18.9 Å². The first-order valence-electron chi connectivity index (χ1n) is 16.5. The summed E-state index contributed by atoms with van der Waals surface area (Å²) in [5.74, 6) is 2.10. The lowest BCUT2D eigenvalue weighted by Crippen LogP contribution is -2.50. The number of rotatable bonds is 10. The summed E-state index contributed by atoms with van der Waals surface area (Å²) in [5.41, 5.74) is 3.92. The maximum absolute atomic E-state index is 15.1. The Morgan fingerprint density at radius 1 is 0.600 bits per heavy atom. The van der Waals surface area contributed by atoms with Crippen LogP contribution in [-0.4, -0.2) is 75.5 Å². The highest BCUT2D eigenvalue weighted by atomic mass is 16.7. The van der Waals surface area contributed by atoms with Crippen molar-refractivity contribution in [2.24, 2.45) is 0 Å². The van der Waals surface area contributed by atoms with E-state index in [-0.39, 0.29) is 51.1 Å². The summed E-state index contributed by atoms with van der Waals surface area (Å²) < 4.78 is 22.2. The molecule has 2 amide bonds. The number of hydrogen-bond donors (Lipinski definition) is 2. The minimum Gasteiger partial charge on any atom is -0.454 e. The molecule has 11 nitrogen and oxygen atoms in total. The molecule has 3 aliphatic heterocycles. The molecule has 0 bridgehead atoms. The highest BCUT2D eigenvalue weighted by molar-refractivity contribution is 5.94. The van der Waals surface area contributed by atoms with E-state index in [1.807, 2.05) is 36.4 Å². The number of Topliss-reactive ketones (excluding diaryl/α,β-unsaturated/α-hetero) is 2. The van der Waals surface area contributed by atoms with Crippen molar-refractivity contribution in [2.75, 3.05) is 13.6 Å². The van der Waals surface area contributed by atoms with E-state index in [0.717, 1.165) is 11.1 Å². The van der Waals surface area contributed by atoms with Gasteiger partial charge in [-0.05, 0) is 85.3 Å². The molecule has 0 unspecified atom stereocenters. The van der Waals surface area contributed by atoms with Crippen molar-refractivity contribution < 1.29 is 43.5 Å². The Hall–Kier alpha value is -5.39. The summed E-state index contributed by atoms with van der Waals surface area (Å²) in [7, 11) is 0. The fourth-order valence-electron chi connectivity index (χ4n) is 6.89. The topological polar surface area (TPSA) is 135 Å². The number of ketones is 2. The standard InChI is InChI=1S/C39H38N2O9/c1-23(42)29-7-3-5-27(13-29)19-40-31(15-25-9-11-33-35(17-25)49-21-47-33)37(44)38(45)32(16-26-10-12-34-36(18-26)50-22-48-34)41(39(40)46)20-28-6-4-8-30(14-28)24(2)43/h3-14,17-18,31-32,37-38,44-45H,15-16,19-22H2,1-2H3/t31-,32-,37+,38+/m1/s1. The second kappa shape index (κ2) is 13.9. The number of benzene rings is 4. The van der Waals surface area contributed by atoms with Gasteiger partial charge in [0.25, 0.3) is 0 Å². The van der Waals surface area contributed by atoms with Gasteiger partial charge in [0.1, 0.15) is 12.2 Å². The molecule has 7 rings (SSSR count). The predicted molar refractivity (Wildman–Crippen MR) is 182 cm³/mol. The smallest absolute Gasteiger partial charge is 0.321 e. The van der Waals surface area contributed by atoms with Crippen LogP contribution in [0.1, 0.15) is 56.8 Å². The third kappa shape index (κ3) is 6.74. The average molecular weight is 679 g/mol. The van der Waals surface area contributed by atoms with Crippen LogP contribution in [0.25, 0.3) is 0 Å². The van der Waals surface area contributed by atoms with Crippen LogP contribution in [0.3, 0.4) is 0 Å². The summed E-state index contributed by atoms with van der Waals surface area (Å²) in [6.07, 6.45) is -2.38. The average Bonchev–Trinajstić information content (AvgIpc) is 3.78. The van der Waals surface area contributed by atoms with Crippen LogP contribution in [-0.2, 0) is 25.9 Å². The Balaban J connectivity index is 1.31. The van der Waals surface area contributed by atoms with Crippen molar-refractivity contribution in [3.8, 4) is 23.0 Å². The molecule has 4 aromatic rings. The normalized spacial score (nSPS) is 20.9.